The Morgan fingerprint density at radius 2 is 2.18 bits per heavy atom. The first-order chi connectivity index (χ1) is 10.9. The minimum absolute atomic E-state index is 0.659. The maximum Gasteiger partial charge on any atom is 0.134 e. The van der Waals surface area contributed by atoms with Crippen molar-refractivity contribution in [2.24, 2.45) is 4.99 Å². The van der Waals surface area contributed by atoms with Crippen LogP contribution in [-0.4, -0.2) is 59.9 Å². The molecule has 2 saturated heterocycles. The summed E-state index contributed by atoms with van der Waals surface area (Å²) in [6, 6.07) is 5.10. The highest BCUT2D eigenvalue weighted by Crippen LogP contribution is 2.22. The molecule has 3 aliphatic rings. The monoisotopic (exact) mass is 297 g/mol. The predicted molar refractivity (Wildman–Crippen MR) is 89.1 cm³/mol. The topological polar surface area (TPSA) is 35.0 Å². The zero-order chi connectivity index (χ0) is 14.8. The van der Waals surface area contributed by atoms with Crippen molar-refractivity contribution in [3.63, 3.8) is 0 Å². The summed E-state index contributed by atoms with van der Waals surface area (Å²) in [5.41, 5.74) is 1.31. The van der Waals surface area contributed by atoms with Crippen molar-refractivity contribution < 1.29 is 0 Å². The maximum atomic E-state index is 4.60. The van der Waals surface area contributed by atoms with Crippen molar-refractivity contribution in [1.29, 1.82) is 0 Å². The highest BCUT2D eigenvalue weighted by Gasteiger charge is 2.30. The van der Waals surface area contributed by atoms with E-state index in [4.69, 9.17) is 0 Å². The Labute approximate surface area is 131 Å². The Hall–Kier alpha value is -1.72. The van der Waals surface area contributed by atoms with Crippen LogP contribution in [0.15, 0.2) is 35.6 Å². The SMILES string of the molecule is C1=CN(c2ccc(CN3CCN4CCCC4C3)cn2)CN=C1. The summed E-state index contributed by atoms with van der Waals surface area (Å²) in [5, 5.41) is 0. The lowest BCUT2D eigenvalue weighted by molar-refractivity contribution is 0.0993. The van der Waals surface area contributed by atoms with Crippen LogP contribution in [0, 0.1) is 0 Å². The van der Waals surface area contributed by atoms with Gasteiger partial charge in [0, 0.05) is 50.8 Å². The van der Waals surface area contributed by atoms with Crippen molar-refractivity contribution >= 4 is 12.0 Å². The van der Waals surface area contributed by atoms with E-state index < -0.39 is 0 Å². The molecule has 0 radical (unpaired) electrons. The summed E-state index contributed by atoms with van der Waals surface area (Å²) in [6.07, 6.45) is 10.6. The molecular formula is C17H23N5. The molecule has 2 fully saturated rings. The number of allylic oxidation sites excluding steroid dienone is 1. The lowest BCUT2D eigenvalue weighted by Gasteiger charge is -2.37. The van der Waals surface area contributed by atoms with E-state index in [0.717, 1.165) is 18.4 Å². The molecule has 1 aromatic heterocycles. The normalized spacial score (nSPS) is 25.6. The van der Waals surface area contributed by atoms with Crippen LogP contribution in [0.5, 0.6) is 0 Å². The summed E-state index contributed by atoms with van der Waals surface area (Å²) in [5.74, 6) is 0.970. The van der Waals surface area contributed by atoms with E-state index in [1.807, 2.05) is 24.7 Å². The van der Waals surface area contributed by atoms with E-state index in [-0.39, 0.29) is 0 Å². The largest absolute Gasteiger partial charge is 0.313 e. The average molecular weight is 297 g/mol. The van der Waals surface area contributed by atoms with Crippen LogP contribution in [-0.2, 0) is 6.54 Å². The first-order valence-electron chi connectivity index (χ1n) is 8.23. The molecule has 3 aliphatic heterocycles. The number of anilines is 1. The molecule has 1 atom stereocenters. The van der Waals surface area contributed by atoms with Crippen LogP contribution >= 0.6 is 0 Å². The number of aliphatic imine (C=N–C) groups is 1. The van der Waals surface area contributed by atoms with Gasteiger partial charge < -0.3 is 4.90 Å². The number of aromatic nitrogens is 1. The molecule has 0 amide bonds. The summed E-state index contributed by atoms with van der Waals surface area (Å²) in [6.45, 7) is 6.61. The van der Waals surface area contributed by atoms with E-state index in [2.05, 4.69) is 36.8 Å². The second-order valence-corrected chi connectivity index (χ2v) is 6.38. The summed E-state index contributed by atoms with van der Waals surface area (Å²) in [4.78, 5) is 16.1. The van der Waals surface area contributed by atoms with Gasteiger partial charge in [0.05, 0.1) is 0 Å². The van der Waals surface area contributed by atoms with E-state index >= 15 is 0 Å². The molecule has 0 N–H and O–H groups in total. The van der Waals surface area contributed by atoms with Gasteiger partial charge in [0.2, 0.25) is 0 Å². The van der Waals surface area contributed by atoms with E-state index in [1.54, 1.807) is 0 Å². The zero-order valence-electron chi connectivity index (χ0n) is 12.9. The molecule has 0 bridgehead atoms. The minimum atomic E-state index is 0.659. The van der Waals surface area contributed by atoms with Crippen LogP contribution < -0.4 is 4.90 Å². The van der Waals surface area contributed by atoms with Crippen molar-refractivity contribution in [3.8, 4) is 0 Å². The van der Waals surface area contributed by atoms with Gasteiger partial charge >= 0.3 is 0 Å². The average Bonchev–Trinajstić information content (AvgIpc) is 3.04. The van der Waals surface area contributed by atoms with Crippen LogP contribution in [0.2, 0.25) is 0 Å². The van der Waals surface area contributed by atoms with Gasteiger partial charge in [-0.2, -0.15) is 0 Å². The maximum absolute atomic E-state index is 4.60. The molecule has 5 heteroatoms. The van der Waals surface area contributed by atoms with Crippen LogP contribution in [0.1, 0.15) is 18.4 Å². The van der Waals surface area contributed by atoms with Crippen LogP contribution in [0.25, 0.3) is 0 Å². The van der Waals surface area contributed by atoms with Crippen molar-refractivity contribution in [2.75, 3.05) is 37.7 Å². The summed E-state index contributed by atoms with van der Waals surface area (Å²) < 4.78 is 0. The Morgan fingerprint density at radius 1 is 1.18 bits per heavy atom. The standard InChI is InChI=1S/C17H23N5/c1-3-16-13-20(9-10-21(16)7-1)12-15-4-5-17(19-11-15)22-8-2-6-18-14-22/h2,4-6,8,11,16H,1,3,7,9-10,12-14H2. The Kier molecular flexibility index (Phi) is 3.91. The van der Waals surface area contributed by atoms with Gasteiger partial charge in [-0.25, -0.2) is 4.98 Å². The Bertz CT molecular complexity index is 565. The van der Waals surface area contributed by atoms with Gasteiger partial charge in [-0.05, 0) is 37.1 Å². The molecule has 0 spiro atoms. The van der Waals surface area contributed by atoms with Gasteiger partial charge in [-0.3, -0.25) is 14.8 Å². The van der Waals surface area contributed by atoms with E-state index in [1.165, 1.54) is 44.6 Å². The second kappa shape index (κ2) is 6.18. The quantitative estimate of drug-likeness (QED) is 0.851. The first kappa shape index (κ1) is 13.9. The van der Waals surface area contributed by atoms with Crippen molar-refractivity contribution in [2.45, 2.75) is 25.4 Å². The molecule has 5 nitrogen and oxygen atoms in total. The summed E-state index contributed by atoms with van der Waals surface area (Å²) in [7, 11) is 0. The van der Waals surface area contributed by atoms with Crippen molar-refractivity contribution in [3.05, 3.63) is 36.2 Å². The van der Waals surface area contributed by atoms with Gasteiger partial charge in [0.1, 0.15) is 12.5 Å². The minimum Gasteiger partial charge on any atom is -0.313 e. The zero-order valence-corrected chi connectivity index (χ0v) is 12.9. The molecule has 116 valence electrons. The Morgan fingerprint density at radius 3 is 3.00 bits per heavy atom. The fraction of sp³-hybridized carbons (Fsp3) is 0.529. The number of pyridine rings is 1. The van der Waals surface area contributed by atoms with Crippen LogP contribution in [0.4, 0.5) is 5.82 Å². The van der Waals surface area contributed by atoms with E-state index in [9.17, 15) is 0 Å². The molecule has 4 heterocycles. The molecule has 0 aliphatic carbocycles. The highest BCUT2D eigenvalue weighted by molar-refractivity contribution is 5.73. The number of piperazine rings is 1. The third-order valence-corrected chi connectivity index (χ3v) is 4.87. The molecule has 22 heavy (non-hydrogen) atoms. The smallest absolute Gasteiger partial charge is 0.134 e. The number of hydrogen-bond acceptors (Lipinski definition) is 5. The fourth-order valence-electron chi connectivity index (χ4n) is 3.67. The summed E-state index contributed by atoms with van der Waals surface area (Å²) >= 11 is 0. The number of rotatable bonds is 3. The van der Waals surface area contributed by atoms with Gasteiger partial charge in [0.15, 0.2) is 0 Å². The lowest BCUT2D eigenvalue weighted by atomic mass is 10.1. The molecule has 1 aromatic rings. The third-order valence-electron chi connectivity index (χ3n) is 4.87. The van der Waals surface area contributed by atoms with E-state index in [0.29, 0.717) is 6.67 Å². The predicted octanol–water partition coefficient (Wildman–Crippen LogP) is 1.72. The number of nitrogens with zero attached hydrogens (tertiary/aromatic N) is 5. The number of fused-ring (bicyclic) bond motifs is 1. The van der Waals surface area contributed by atoms with Gasteiger partial charge in [-0.1, -0.05) is 6.07 Å². The molecular weight excluding hydrogens is 274 g/mol. The fourth-order valence-corrected chi connectivity index (χ4v) is 3.67. The lowest BCUT2D eigenvalue weighted by Crippen LogP contribution is -2.49. The molecule has 1 unspecified atom stereocenters. The highest BCUT2D eigenvalue weighted by atomic mass is 15.3. The third kappa shape index (κ3) is 2.91. The molecule has 0 aromatic carbocycles. The Balaban J connectivity index is 1.37. The molecule has 4 rings (SSSR count). The van der Waals surface area contributed by atoms with Gasteiger partial charge in [-0.15, -0.1) is 0 Å². The van der Waals surface area contributed by atoms with Gasteiger partial charge in [0.25, 0.3) is 0 Å². The second-order valence-electron chi connectivity index (χ2n) is 6.38. The first-order valence-corrected chi connectivity index (χ1v) is 8.23. The van der Waals surface area contributed by atoms with Crippen molar-refractivity contribution in [1.82, 2.24) is 14.8 Å². The van der Waals surface area contributed by atoms with Crippen LogP contribution in [0.3, 0.4) is 0 Å². The number of hydrogen-bond donors (Lipinski definition) is 0. The molecule has 0 saturated carbocycles.